The highest BCUT2D eigenvalue weighted by Gasteiger charge is 2.49. The molecule has 0 aromatic heterocycles. The van der Waals surface area contributed by atoms with Gasteiger partial charge in [0.05, 0.1) is 18.3 Å². The molecule has 0 unspecified atom stereocenters. The molecule has 2 nitrogen and oxygen atoms in total. The summed E-state index contributed by atoms with van der Waals surface area (Å²) in [4.78, 5) is 0. The number of rotatable bonds is 1. The standard InChI is InChI=1S/C7H11BO2/c1-2-7-3-5(9-4-7)6(8)10-7/h5-6H,2-4H2,1H3/t5-,6+,7+/m0/s1. The zero-order valence-corrected chi connectivity index (χ0v) is 6.17. The molecule has 54 valence electrons. The second-order valence-electron chi connectivity index (χ2n) is 3.17. The molecular formula is C7H11BO2. The average molecular weight is 138 g/mol. The van der Waals surface area contributed by atoms with E-state index in [0.29, 0.717) is 0 Å². The molecule has 0 saturated carbocycles. The third kappa shape index (κ3) is 0.737. The summed E-state index contributed by atoms with van der Waals surface area (Å²) in [5.74, 6) is 0. The first kappa shape index (κ1) is 6.68. The summed E-state index contributed by atoms with van der Waals surface area (Å²) >= 11 is 0. The minimum Gasteiger partial charge on any atom is -0.376 e. The van der Waals surface area contributed by atoms with Gasteiger partial charge in [-0.1, -0.05) is 6.92 Å². The van der Waals surface area contributed by atoms with Crippen LogP contribution in [0.4, 0.5) is 0 Å². The molecule has 2 aliphatic rings. The number of hydrogen-bond donors (Lipinski definition) is 0. The number of ether oxygens (including phenoxy) is 2. The first-order valence-corrected chi connectivity index (χ1v) is 3.81. The van der Waals surface area contributed by atoms with E-state index in [1.807, 2.05) is 0 Å². The molecule has 3 heteroatoms. The monoisotopic (exact) mass is 138 g/mol. The van der Waals surface area contributed by atoms with E-state index < -0.39 is 0 Å². The highest BCUT2D eigenvalue weighted by Crippen LogP contribution is 2.40. The fraction of sp³-hybridized carbons (Fsp3) is 1.00. The van der Waals surface area contributed by atoms with Gasteiger partial charge in [0.2, 0.25) is 0 Å². The van der Waals surface area contributed by atoms with Gasteiger partial charge in [0.1, 0.15) is 7.85 Å². The Morgan fingerprint density at radius 3 is 2.80 bits per heavy atom. The third-order valence-electron chi connectivity index (χ3n) is 2.53. The van der Waals surface area contributed by atoms with Gasteiger partial charge in [-0.15, -0.1) is 0 Å². The van der Waals surface area contributed by atoms with Gasteiger partial charge in [-0.05, 0) is 6.42 Å². The predicted octanol–water partition coefficient (Wildman–Crippen LogP) is 0.449. The second kappa shape index (κ2) is 1.99. The van der Waals surface area contributed by atoms with Crippen LogP contribution in [0.25, 0.3) is 0 Å². The fourth-order valence-electron chi connectivity index (χ4n) is 1.73. The van der Waals surface area contributed by atoms with Crippen LogP contribution in [-0.4, -0.2) is 32.2 Å². The van der Waals surface area contributed by atoms with Crippen molar-refractivity contribution < 1.29 is 9.47 Å². The summed E-state index contributed by atoms with van der Waals surface area (Å²) in [6.45, 7) is 2.85. The fourth-order valence-corrected chi connectivity index (χ4v) is 1.73. The molecule has 2 radical (unpaired) electrons. The molecule has 2 saturated heterocycles. The molecule has 2 heterocycles. The van der Waals surface area contributed by atoms with Crippen molar-refractivity contribution in [2.75, 3.05) is 6.61 Å². The molecule has 2 aliphatic heterocycles. The van der Waals surface area contributed by atoms with Crippen molar-refractivity contribution in [1.29, 1.82) is 0 Å². The lowest BCUT2D eigenvalue weighted by Gasteiger charge is -2.28. The average Bonchev–Trinajstić information content (AvgIpc) is 2.45. The lowest BCUT2D eigenvalue weighted by molar-refractivity contribution is -0.113. The summed E-state index contributed by atoms with van der Waals surface area (Å²) < 4.78 is 11.0. The highest BCUT2D eigenvalue weighted by molar-refractivity contribution is 6.11. The maximum atomic E-state index is 5.63. The Morgan fingerprint density at radius 1 is 1.70 bits per heavy atom. The molecule has 10 heavy (non-hydrogen) atoms. The quantitative estimate of drug-likeness (QED) is 0.489. The minimum absolute atomic E-state index is 0.0237. The van der Waals surface area contributed by atoms with Crippen LogP contribution in [0, 0.1) is 0 Å². The van der Waals surface area contributed by atoms with Crippen LogP contribution in [0.2, 0.25) is 0 Å². The Hall–Kier alpha value is -0.0151. The molecule has 0 N–H and O–H groups in total. The number of fused-ring (bicyclic) bond motifs is 2. The van der Waals surface area contributed by atoms with E-state index in [4.69, 9.17) is 17.3 Å². The highest BCUT2D eigenvalue weighted by atomic mass is 16.6. The Kier molecular flexibility index (Phi) is 1.33. The van der Waals surface area contributed by atoms with E-state index in [0.717, 1.165) is 19.4 Å². The van der Waals surface area contributed by atoms with Crippen LogP contribution >= 0.6 is 0 Å². The minimum atomic E-state index is -0.173. The van der Waals surface area contributed by atoms with Crippen LogP contribution in [-0.2, 0) is 9.47 Å². The Morgan fingerprint density at radius 2 is 2.50 bits per heavy atom. The molecule has 2 bridgehead atoms. The van der Waals surface area contributed by atoms with Gasteiger partial charge in [0, 0.05) is 12.4 Å². The summed E-state index contributed by atoms with van der Waals surface area (Å²) in [5, 5.41) is 0. The van der Waals surface area contributed by atoms with Gasteiger partial charge in [0.25, 0.3) is 0 Å². The number of hydrogen-bond acceptors (Lipinski definition) is 2. The summed E-state index contributed by atoms with van der Waals surface area (Å²) in [6, 6.07) is -0.173. The Balaban J connectivity index is 2.14. The van der Waals surface area contributed by atoms with Gasteiger partial charge in [0.15, 0.2) is 0 Å². The van der Waals surface area contributed by atoms with Crippen LogP contribution < -0.4 is 0 Å². The van der Waals surface area contributed by atoms with Gasteiger partial charge in [-0.2, -0.15) is 0 Å². The zero-order chi connectivity index (χ0) is 7.19. The van der Waals surface area contributed by atoms with Crippen molar-refractivity contribution >= 4 is 7.85 Å². The van der Waals surface area contributed by atoms with Crippen molar-refractivity contribution in [3.63, 3.8) is 0 Å². The maximum Gasteiger partial charge on any atom is 0.112 e. The van der Waals surface area contributed by atoms with Gasteiger partial charge < -0.3 is 9.47 Å². The largest absolute Gasteiger partial charge is 0.376 e. The van der Waals surface area contributed by atoms with Crippen molar-refractivity contribution in [2.45, 2.75) is 37.5 Å². The normalized spacial score (nSPS) is 52.1. The van der Waals surface area contributed by atoms with E-state index in [2.05, 4.69) is 6.92 Å². The van der Waals surface area contributed by atoms with Crippen molar-refractivity contribution in [3.8, 4) is 0 Å². The molecule has 0 aliphatic carbocycles. The second-order valence-corrected chi connectivity index (χ2v) is 3.17. The van der Waals surface area contributed by atoms with Gasteiger partial charge in [-0.3, -0.25) is 0 Å². The summed E-state index contributed by atoms with van der Waals surface area (Å²) in [7, 11) is 5.63. The van der Waals surface area contributed by atoms with Gasteiger partial charge in [-0.25, -0.2) is 0 Å². The molecular weight excluding hydrogens is 127 g/mol. The molecule has 0 spiro atoms. The van der Waals surface area contributed by atoms with Crippen LogP contribution in [0.15, 0.2) is 0 Å². The Bertz CT molecular complexity index is 147. The molecule has 3 atom stereocenters. The smallest absolute Gasteiger partial charge is 0.112 e. The topological polar surface area (TPSA) is 18.5 Å². The third-order valence-corrected chi connectivity index (χ3v) is 2.53. The van der Waals surface area contributed by atoms with Crippen molar-refractivity contribution in [2.24, 2.45) is 0 Å². The van der Waals surface area contributed by atoms with E-state index in [-0.39, 0.29) is 17.7 Å². The van der Waals surface area contributed by atoms with E-state index in [9.17, 15) is 0 Å². The molecule has 2 rings (SSSR count). The summed E-state index contributed by atoms with van der Waals surface area (Å²) in [6.07, 6.45) is 2.17. The molecule has 0 aromatic rings. The molecule has 2 fully saturated rings. The predicted molar refractivity (Wildman–Crippen MR) is 38.0 cm³/mol. The van der Waals surface area contributed by atoms with Crippen LogP contribution in [0.5, 0.6) is 0 Å². The first-order valence-electron chi connectivity index (χ1n) is 3.81. The first-order chi connectivity index (χ1) is 4.76. The van der Waals surface area contributed by atoms with Crippen LogP contribution in [0.1, 0.15) is 19.8 Å². The maximum absolute atomic E-state index is 5.63. The van der Waals surface area contributed by atoms with Crippen molar-refractivity contribution in [3.05, 3.63) is 0 Å². The molecule has 0 amide bonds. The van der Waals surface area contributed by atoms with Gasteiger partial charge >= 0.3 is 0 Å². The lowest BCUT2D eigenvalue weighted by atomic mass is 9.93. The van der Waals surface area contributed by atoms with E-state index in [1.165, 1.54) is 0 Å². The SMILES string of the molecule is [B][C@@H]1O[C@@]2(CC)CO[C@H]1C2. The Labute approximate surface area is 62.3 Å². The summed E-state index contributed by atoms with van der Waals surface area (Å²) in [5.41, 5.74) is -0.0237. The van der Waals surface area contributed by atoms with E-state index in [1.54, 1.807) is 0 Å². The lowest BCUT2D eigenvalue weighted by Crippen LogP contribution is -2.36. The van der Waals surface area contributed by atoms with Crippen LogP contribution in [0.3, 0.4) is 0 Å². The zero-order valence-electron chi connectivity index (χ0n) is 6.17. The molecule has 0 aromatic carbocycles. The van der Waals surface area contributed by atoms with E-state index >= 15 is 0 Å². The van der Waals surface area contributed by atoms with Crippen molar-refractivity contribution in [1.82, 2.24) is 0 Å².